The van der Waals surface area contributed by atoms with Crippen LogP contribution < -0.4 is 5.73 Å². The normalized spacial score (nSPS) is 25.3. The van der Waals surface area contributed by atoms with Crippen LogP contribution in [0, 0.1) is 11.3 Å². The average molecular weight is 410 g/mol. The molecule has 0 spiro atoms. The molecule has 28 heavy (non-hydrogen) atoms. The number of likely N-dealkylation sites (tertiary alicyclic amines) is 2. The second-order valence-electron chi connectivity index (χ2n) is 9.17. The number of carbonyl (C=O) groups is 2. The van der Waals surface area contributed by atoms with Gasteiger partial charge in [0, 0.05) is 49.1 Å². The van der Waals surface area contributed by atoms with Crippen LogP contribution in [0.1, 0.15) is 42.6 Å². The van der Waals surface area contributed by atoms with E-state index in [2.05, 4.69) is 4.90 Å². The van der Waals surface area contributed by atoms with Gasteiger partial charge in [-0.25, -0.2) is 0 Å². The zero-order valence-corrected chi connectivity index (χ0v) is 18.0. The van der Waals surface area contributed by atoms with Crippen molar-refractivity contribution in [3.63, 3.8) is 0 Å². The first-order valence-electron chi connectivity index (χ1n) is 9.62. The van der Waals surface area contributed by atoms with Gasteiger partial charge in [-0.1, -0.05) is 20.8 Å². The Balaban J connectivity index is 1.75. The maximum atomic E-state index is 12.3. The SMILES string of the molecule is CSCC(=O)N1CC2CN(Cc3cc(C(N)=O)oc3C(C)(C)C)CC2(CO)C1. The third-order valence-electron chi connectivity index (χ3n) is 5.89. The fraction of sp³-hybridized carbons (Fsp3) is 0.700. The van der Waals surface area contributed by atoms with Gasteiger partial charge in [0.15, 0.2) is 5.76 Å². The molecule has 156 valence electrons. The highest BCUT2D eigenvalue weighted by Crippen LogP contribution is 2.43. The fourth-order valence-electron chi connectivity index (χ4n) is 4.58. The Morgan fingerprint density at radius 2 is 2.07 bits per heavy atom. The lowest BCUT2D eigenvalue weighted by Gasteiger charge is -2.27. The Labute approximate surface area is 170 Å². The summed E-state index contributed by atoms with van der Waals surface area (Å²) in [5, 5.41) is 10.2. The molecule has 2 atom stereocenters. The van der Waals surface area contributed by atoms with Crippen LogP contribution in [0.3, 0.4) is 0 Å². The summed E-state index contributed by atoms with van der Waals surface area (Å²) < 4.78 is 5.77. The Hall–Kier alpha value is -1.51. The van der Waals surface area contributed by atoms with Crippen molar-refractivity contribution in [1.29, 1.82) is 0 Å². The summed E-state index contributed by atoms with van der Waals surface area (Å²) in [6, 6.07) is 1.75. The van der Waals surface area contributed by atoms with Crippen LogP contribution in [0.2, 0.25) is 0 Å². The number of aliphatic hydroxyl groups is 1. The number of nitrogens with zero attached hydrogens (tertiary/aromatic N) is 2. The lowest BCUT2D eigenvalue weighted by atomic mass is 9.82. The molecule has 0 bridgehead atoms. The van der Waals surface area contributed by atoms with Crippen LogP contribution in [-0.2, 0) is 16.8 Å². The molecule has 2 aliphatic rings. The van der Waals surface area contributed by atoms with E-state index in [1.54, 1.807) is 6.07 Å². The van der Waals surface area contributed by atoms with Crippen LogP contribution in [0.15, 0.2) is 10.5 Å². The van der Waals surface area contributed by atoms with E-state index < -0.39 is 5.91 Å². The molecule has 3 N–H and O–H groups in total. The zero-order chi connectivity index (χ0) is 20.7. The van der Waals surface area contributed by atoms with E-state index in [0.717, 1.165) is 24.4 Å². The zero-order valence-electron chi connectivity index (χ0n) is 17.2. The summed E-state index contributed by atoms with van der Waals surface area (Å²) in [5.41, 5.74) is 5.86. The molecule has 0 radical (unpaired) electrons. The Bertz CT molecular complexity index is 757. The van der Waals surface area contributed by atoms with E-state index in [1.807, 2.05) is 31.9 Å². The molecule has 0 saturated carbocycles. The second kappa shape index (κ2) is 7.72. The third kappa shape index (κ3) is 3.95. The van der Waals surface area contributed by atoms with Gasteiger partial charge >= 0.3 is 0 Å². The van der Waals surface area contributed by atoms with Crippen LogP contribution in [0.4, 0.5) is 0 Å². The predicted octanol–water partition coefficient (Wildman–Crippen LogP) is 1.29. The van der Waals surface area contributed by atoms with E-state index in [0.29, 0.717) is 25.4 Å². The van der Waals surface area contributed by atoms with Crippen molar-refractivity contribution in [1.82, 2.24) is 9.80 Å². The average Bonchev–Trinajstić information content (AvgIpc) is 3.25. The van der Waals surface area contributed by atoms with Gasteiger partial charge in [-0.2, -0.15) is 11.8 Å². The van der Waals surface area contributed by atoms with Crippen molar-refractivity contribution in [2.24, 2.45) is 17.1 Å². The summed E-state index contributed by atoms with van der Waals surface area (Å²) in [5.74, 6) is 1.28. The highest BCUT2D eigenvalue weighted by molar-refractivity contribution is 7.99. The molecule has 2 saturated heterocycles. The second-order valence-corrected chi connectivity index (χ2v) is 10.0. The number of thioether (sulfide) groups is 1. The van der Waals surface area contributed by atoms with Gasteiger partial charge in [-0.15, -0.1) is 0 Å². The third-order valence-corrected chi connectivity index (χ3v) is 6.43. The highest BCUT2D eigenvalue weighted by atomic mass is 32.2. The van der Waals surface area contributed by atoms with Crippen molar-refractivity contribution in [3.05, 3.63) is 23.2 Å². The monoisotopic (exact) mass is 409 g/mol. The van der Waals surface area contributed by atoms with E-state index in [9.17, 15) is 14.7 Å². The van der Waals surface area contributed by atoms with Gasteiger partial charge in [0.2, 0.25) is 5.91 Å². The van der Waals surface area contributed by atoms with E-state index in [4.69, 9.17) is 10.2 Å². The number of nitrogens with two attached hydrogens (primary N) is 1. The van der Waals surface area contributed by atoms with Crippen LogP contribution in [0.5, 0.6) is 0 Å². The standard InChI is InChI=1S/C20H31N3O4S/c1-19(2,3)17-13(5-15(27-17)18(21)26)6-22-7-14-8-23(16(25)9-28-4)11-20(14,10-22)12-24/h5,14,24H,6-12H2,1-4H3,(H2,21,26). The van der Waals surface area contributed by atoms with Crippen molar-refractivity contribution >= 4 is 23.6 Å². The largest absolute Gasteiger partial charge is 0.455 e. The first-order valence-corrected chi connectivity index (χ1v) is 11.0. The molecule has 2 amide bonds. The number of hydrogen-bond acceptors (Lipinski definition) is 6. The highest BCUT2D eigenvalue weighted by Gasteiger charge is 2.53. The topological polar surface area (TPSA) is 100 Å². The van der Waals surface area contributed by atoms with Crippen molar-refractivity contribution in [2.45, 2.75) is 32.7 Å². The smallest absolute Gasteiger partial charge is 0.284 e. The molecule has 8 heteroatoms. The first kappa shape index (κ1) is 21.2. The molecular weight excluding hydrogens is 378 g/mol. The number of rotatable bonds is 6. The number of primary amides is 1. The Morgan fingerprint density at radius 1 is 1.36 bits per heavy atom. The van der Waals surface area contributed by atoms with Gasteiger partial charge < -0.3 is 20.2 Å². The van der Waals surface area contributed by atoms with Gasteiger partial charge in [0.1, 0.15) is 5.76 Å². The Morgan fingerprint density at radius 3 is 2.61 bits per heavy atom. The maximum Gasteiger partial charge on any atom is 0.284 e. The maximum absolute atomic E-state index is 12.3. The molecule has 2 fully saturated rings. The Kier molecular flexibility index (Phi) is 5.85. The molecule has 0 aliphatic carbocycles. The van der Waals surface area contributed by atoms with Crippen molar-refractivity contribution in [2.75, 3.05) is 44.8 Å². The molecule has 3 heterocycles. The van der Waals surface area contributed by atoms with Crippen molar-refractivity contribution in [3.8, 4) is 0 Å². The van der Waals surface area contributed by atoms with E-state index >= 15 is 0 Å². The molecule has 1 aromatic rings. The van der Waals surface area contributed by atoms with Crippen LogP contribution >= 0.6 is 11.8 Å². The number of carbonyl (C=O) groups excluding carboxylic acids is 2. The summed E-state index contributed by atoms with van der Waals surface area (Å²) in [6.45, 7) is 9.67. The molecule has 7 nitrogen and oxygen atoms in total. The molecule has 0 aromatic carbocycles. The fourth-order valence-corrected chi connectivity index (χ4v) is 5.01. The molecular formula is C20H31N3O4S. The number of fused-ring (bicyclic) bond motifs is 1. The number of hydrogen-bond donors (Lipinski definition) is 2. The van der Waals surface area contributed by atoms with Gasteiger partial charge in [-0.3, -0.25) is 14.5 Å². The van der Waals surface area contributed by atoms with E-state index in [1.165, 1.54) is 11.8 Å². The molecule has 2 unspecified atom stereocenters. The van der Waals surface area contributed by atoms with Gasteiger partial charge in [0.05, 0.1) is 12.4 Å². The molecule has 2 aliphatic heterocycles. The summed E-state index contributed by atoms with van der Waals surface area (Å²) in [6.07, 6.45) is 1.93. The number of amides is 2. The predicted molar refractivity (Wildman–Crippen MR) is 109 cm³/mol. The minimum atomic E-state index is -0.565. The van der Waals surface area contributed by atoms with Crippen LogP contribution in [0.25, 0.3) is 0 Å². The minimum absolute atomic E-state index is 0.0707. The minimum Gasteiger partial charge on any atom is -0.455 e. The summed E-state index contributed by atoms with van der Waals surface area (Å²) >= 11 is 1.53. The molecule has 1 aromatic heterocycles. The summed E-state index contributed by atoms with van der Waals surface area (Å²) in [7, 11) is 0. The van der Waals surface area contributed by atoms with Gasteiger partial charge in [-0.05, 0) is 18.2 Å². The van der Waals surface area contributed by atoms with Gasteiger partial charge in [0.25, 0.3) is 5.91 Å². The van der Waals surface area contributed by atoms with E-state index in [-0.39, 0.29) is 35.0 Å². The van der Waals surface area contributed by atoms with Crippen molar-refractivity contribution < 1.29 is 19.1 Å². The first-order chi connectivity index (χ1) is 13.1. The lowest BCUT2D eigenvalue weighted by Crippen LogP contribution is -2.39. The number of aliphatic hydroxyl groups excluding tert-OH is 1. The number of furan rings is 1. The van der Waals surface area contributed by atoms with Crippen LogP contribution in [-0.4, -0.2) is 71.5 Å². The summed E-state index contributed by atoms with van der Waals surface area (Å²) in [4.78, 5) is 28.1. The quantitative estimate of drug-likeness (QED) is 0.734. The molecule has 3 rings (SSSR count). The lowest BCUT2D eigenvalue weighted by molar-refractivity contribution is -0.128.